The van der Waals surface area contributed by atoms with E-state index in [1.54, 1.807) is 11.8 Å². The molecule has 2 aliphatic rings. The Morgan fingerprint density at radius 2 is 1.86 bits per heavy atom. The maximum absolute atomic E-state index is 12.6. The first kappa shape index (κ1) is 15.1. The van der Waals surface area contributed by atoms with Crippen LogP contribution in [0.2, 0.25) is 0 Å². The molecule has 3 rings (SSSR count). The molecular weight excluding hydrogens is 276 g/mol. The quantitative estimate of drug-likeness (QED) is 0.931. The summed E-state index contributed by atoms with van der Waals surface area (Å²) in [4.78, 5) is 26.2. The van der Waals surface area contributed by atoms with Crippen LogP contribution in [0.5, 0.6) is 0 Å². The lowest BCUT2D eigenvalue weighted by molar-refractivity contribution is -0.140. The minimum atomic E-state index is -0.367. The smallest absolute Gasteiger partial charge is 0.243 e. The average Bonchev–Trinajstić information content (AvgIpc) is 3.04. The summed E-state index contributed by atoms with van der Waals surface area (Å²) in [5.74, 6) is 0.581. The summed E-state index contributed by atoms with van der Waals surface area (Å²) in [5.41, 5.74) is 2.33. The number of carbonyl (C=O) groups excluding carboxylic acids is 2. The first-order valence-corrected chi connectivity index (χ1v) is 8.27. The minimum absolute atomic E-state index is 0.00315. The summed E-state index contributed by atoms with van der Waals surface area (Å²) < 4.78 is 0. The zero-order chi connectivity index (χ0) is 15.5. The van der Waals surface area contributed by atoms with Crippen molar-refractivity contribution in [1.29, 1.82) is 0 Å². The van der Waals surface area contributed by atoms with E-state index in [0.717, 1.165) is 12.1 Å². The highest BCUT2D eigenvalue weighted by molar-refractivity contribution is 5.87. The standard InChI is InChI=1S/C18H24N2O2/c1-13(21)20-12-16-9-5-4-8-15(16)10-17(20)18(22)19-11-14-6-2-3-7-14/h4-5,8-9,14,17H,2-3,6-7,10-12H2,1H3,(H,19,22)/t17-/m0/s1. The van der Waals surface area contributed by atoms with E-state index in [-0.39, 0.29) is 17.9 Å². The largest absolute Gasteiger partial charge is 0.354 e. The van der Waals surface area contributed by atoms with Crippen LogP contribution in [0.15, 0.2) is 24.3 Å². The topological polar surface area (TPSA) is 49.4 Å². The molecule has 1 aliphatic heterocycles. The molecule has 4 heteroatoms. The first-order chi connectivity index (χ1) is 10.6. The second-order valence-corrected chi connectivity index (χ2v) is 6.53. The van der Waals surface area contributed by atoms with E-state index in [0.29, 0.717) is 18.9 Å². The molecular formula is C18H24N2O2. The van der Waals surface area contributed by atoms with Gasteiger partial charge in [0.15, 0.2) is 0 Å². The summed E-state index contributed by atoms with van der Waals surface area (Å²) >= 11 is 0. The van der Waals surface area contributed by atoms with Crippen molar-refractivity contribution in [3.63, 3.8) is 0 Å². The van der Waals surface area contributed by atoms with Gasteiger partial charge >= 0.3 is 0 Å². The normalized spacial score (nSPS) is 21.5. The molecule has 1 atom stereocenters. The summed E-state index contributed by atoms with van der Waals surface area (Å²) in [6.45, 7) is 2.83. The minimum Gasteiger partial charge on any atom is -0.354 e. The number of nitrogens with one attached hydrogen (secondary N) is 1. The zero-order valence-electron chi connectivity index (χ0n) is 13.2. The maximum Gasteiger partial charge on any atom is 0.243 e. The molecule has 118 valence electrons. The fraction of sp³-hybridized carbons (Fsp3) is 0.556. The second kappa shape index (κ2) is 6.51. The van der Waals surface area contributed by atoms with Gasteiger partial charge in [-0.2, -0.15) is 0 Å². The van der Waals surface area contributed by atoms with E-state index < -0.39 is 0 Å². The molecule has 0 aromatic heterocycles. The summed E-state index contributed by atoms with van der Waals surface area (Å²) in [6.07, 6.45) is 5.59. The number of fused-ring (bicyclic) bond motifs is 1. The molecule has 1 N–H and O–H groups in total. The van der Waals surface area contributed by atoms with Crippen LogP contribution in [0.1, 0.15) is 43.7 Å². The van der Waals surface area contributed by atoms with Crippen molar-refractivity contribution < 1.29 is 9.59 Å². The molecule has 4 nitrogen and oxygen atoms in total. The molecule has 1 aliphatic carbocycles. The van der Waals surface area contributed by atoms with E-state index in [4.69, 9.17) is 0 Å². The van der Waals surface area contributed by atoms with Crippen LogP contribution in [0.4, 0.5) is 0 Å². The van der Waals surface area contributed by atoms with Crippen LogP contribution in [0, 0.1) is 5.92 Å². The molecule has 1 fully saturated rings. The molecule has 0 radical (unpaired) electrons. The van der Waals surface area contributed by atoms with E-state index in [1.807, 2.05) is 18.2 Å². The van der Waals surface area contributed by atoms with E-state index in [2.05, 4.69) is 11.4 Å². The Morgan fingerprint density at radius 1 is 1.18 bits per heavy atom. The van der Waals surface area contributed by atoms with Gasteiger partial charge in [0, 0.05) is 26.4 Å². The maximum atomic E-state index is 12.6. The van der Waals surface area contributed by atoms with Gasteiger partial charge in [0.1, 0.15) is 6.04 Å². The molecule has 1 aromatic carbocycles. The molecule has 1 aromatic rings. The summed E-state index contributed by atoms with van der Waals surface area (Å²) in [6, 6.07) is 7.71. The van der Waals surface area contributed by atoms with Gasteiger partial charge in [-0.1, -0.05) is 37.1 Å². The van der Waals surface area contributed by atoms with Crippen molar-refractivity contribution in [3.8, 4) is 0 Å². The number of carbonyl (C=O) groups is 2. The van der Waals surface area contributed by atoms with Crippen molar-refractivity contribution in [2.24, 2.45) is 5.92 Å². The molecule has 1 saturated carbocycles. The fourth-order valence-corrected chi connectivity index (χ4v) is 3.67. The first-order valence-electron chi connectivity index (χ1n) is 8.27. The van der Waals surface area contributed by atoms with Gasteiger partial charge in [0.2, 0.25) is 11.8 Å². The Morgan fingerprint density at radius 3 is 2.55 bits per heavy atom. The average molecular weight is 300 g/mol. The van der Waals surface area contributed by atoms with Crippen LogP contribution >= 0.6 is 0 Å². The Hall–Kier alpha value is -1.84. The Labute approximate surface area is 131 Å². The van der Waals surface area contributed by atoms with Gasteiger partial charge in [0.25, 0.3) is 0 Å². The van der Waals surface area contributed by atoms with E-state index >= 15 is 0 Å². The molecule has 0 spiro atoms. The molecule has 0 bridgehead atoms. The Balaban J connectivity index is 1.69. The van der Waals surface area contributed by atoms with Gasteiger partial charge in [-0.25, -0.2) is 0 Å². The van der Waals surface area contributed by atoms with Gasteiger partial charge in [-0.3, -0.25) is 9.59 Å². The number of amides is 2. The summed E-state index contributed by atoms with van der Waals surface area (Å²) in [7, 11) is 0. The van der Waals surface area contributed by atoms with Crippen molar-refractivity contribution in [1.82, 2.24) is 10.2 Å². The van der Waals surface area contributed by atoms with Gasteiger partial charge in [-0.05, 0) is 29.9 Å². The lowest BCUT2D eigenvalue weighted by Gasteiger charge is -2.35. The van der Waals surface area contributed by atoms with Gasteiger partial charge in [-0.15, -0.1) is 0 Å². The number of benzene rings is 1. The van der Waals surface area contributed by atoms with Crippen molar-refractivity contribution in [2.75, 3.05) is 6.54 Å². The molecule has 22 heavy (non-hydrogen) atoms. The van der Waals surface area contributed by atoms with Gasteiger partial charge in [0.05, 0.1) is 0 Å². The molecule has 0 saturated heterocycles. The van der Waals surface area contributed by atoms with Crippen LogP contribution in [-0.4, -0.2) is 29.3 Å². The highest BCUT2D eigenvalue weighted by Crippen LogP contribution is 2.25. The highest BCUT2D eigenvalue weighted by atomic mass is 16.2. The zero-order valence-corrected chi connectivity index (χ0v) is 13.2. The molecule has 1 heterocycles. The number of hydrogen-bond donors (Lipinski definition) is 1. The Kier molecular flexibility index (Phi) is 4.46. The number of rotatable bonds is 3. The monoisotopic (exact) mass is 300 g/mol. The van der Waals surface area contributed by atoms with Gasteiger partial charge < -0.3 is 10.2 Å². The fourth-order valence-electron chi connectivity index (χ4n) is 3.67. The van der Waals surface area contributed by atoms with E-state index in [1.165, 1.54) is 31.2 Å². The van der Waals surface area contributed by atoms with Crippen LogP contribution in [0.25, 0.3) is 0 Å². The number of nitrogens with zero attached hydrogens (tertiary/aromatic N) is 1. The molecule has 2 amide bonds. The highest BCUT2D eigenvalue weighted by Gasteiger charge is 2.33. The van der Waals surface area contributed by atoms with Crippen LogP contribution < -0.4 is 5.32 Å². The van der Waals surface area contributed by atoms with Crippen molar-refractivity contribution in [3.05, 3.63) is 35.4 Å². The predicted octanol–water partition coefficient (Wildman–Crippen LogP) is 2.27. The Bertz CT molecular complexity index is 564. The second-order valence-electron chi connectivity index (χ2n) is 6.53. The van der Waals surface area contributed by atoms with Crippen LogP contribution in [-0.2, 0) is 22.6 Å². The van der Waals surface area contributed by atoms with Crippen molar-refractivity contribution >= 4 is 11.8 Å². The molecule has 0 unspecified atom stereocenters. The van der Waals surface area contributed by atoms with Crippen LogP contribution in [0.3, 0.4) is 0 Å². The van der Waals surface area contributed by atoms with E-state index in [9.17, 15) is 9.59 Å². The van der Waals surface area contributed by atoms with Crippen molar-refractivity contribution in [2.45, 2.75) is 51.6 Å². The SMILES string of the molecule is CC(=O)N1Cc2ccccc2C[C@H]1C(=O)NCC1CCCC1. The summed E-state index contributed by atoms with van der Waals surface area (Å²) in [5, 5.41) is 3.08. The number of hydrogen-bond acceptors (Lipinski definition) is 2. The third kappa shape index (κ3) is 3.16. The predicted molar refractivity (Wildman–Crippen MR) is 85.1 cm³/mol. The third-order valence-corrected chi connectivity index (χ3v) is 5.00. The lowest BCUT2D eigenvalue weighted by atomic mass is 9.93. The third-order valence-electron chi connectivity index (χ3n) is 5.00. The lowest BCUT2D eigenvalue weighted by Crippen LogP contribution is -2.52.